The van der Waals surface area contributed by atoms with Gasteiger partial charge in [-0.25, -0.2) is 14.3 Å². The molecular formula is C27H23N5O6. The number of amides is 2. The van der Waals surface area contributed by atoms with Gasteiger partial charge in [0.1, 0.15) is 11.4 Å². The maximum atomic E-state index is 13.4. The molecule has 2 aliphatic rings. The molecule has 1 aliphatic carbocycles. The highest BCUT2D eigenvalue weighted by Gasteiger charge is 2.29. The highest BCUT2D eigenvalue weighted by Crippen LogP contribution is 2.35. The maximum Gasteiger partial charge on any atom is 0.335 e. The quantitative estimate of drug-likeness (QED) is 0.357. The Hall–Kier alpha value is -4.93. The molecule has 0 fully saturated rings. The van der Waals surface area contributed by atoms with Gasteiger partial charge >= 0.3 is 5.97 Å². The van der Waals surface area contributed by atoms with E-state index in [1.165, 1.54) is 16.8 Å². The SMILES string of the molecule is Cc1c(C(=O)O)ccc2c1CC[C@@H]2NC(=O)c1cc(C(=O)NCc2ccc3c(c2)OCO3)nc2ccnn12. The Bertz CT molecular complexity index is 1630. The second-order valence-electron chi connectivity index (χ2n) is 9.17. The molecule has 6 rings (SSSR count). The number of carboxylic acids is 1. The van der Waals surface area contributed by atoms with Gasteiger partial charge in [-0.05, 0) is 60.2 Å². The van der Waals surface area contributed by atoms with Gasteiger partial charge in [-0.3, -0.25) is 9.59 Å². The Kier molecular flexibility index (Phi) is 5.67. The van der Waals surface area contributed by atoms with Gasteiger partial charge < -0.3 is 25.2 Å². The number of carboxylic acid groups (broad SMARTS) is 1. The molecule has 0 saturated carbocycles. The smallest absolute Gasteiger partial charge is 0.335 e. The number of hydrogen-bond donors (Lipinski definition) is 3. The van der Waals surface area contributed by atoms with Gasteiger partial charge in [-0.1, -0.05) is 12.1 Å². The lowest BCUT2D eigenvalue weighted by molar-refractivity contribution is 0.0695. The van der Waals surface area contributed by atoms with Crippen LogP contribution in [-0.2, 0) is 13.0 Å². The van der Waals surface area contributed by atoms with Crippen molar-refractivity contribution < 1.29 is 29.0 Å². The minimum atomic E-state index is -0.972. The first-order valence-corrected chi connectivity index (χ1v) is 12.1. The molecule has 3 N–H and O–H groups in total. The van der Waals surface area contributed by atoms with Crippen molar-refractivity contribution in [3.05, 3.63) is 87.9 Å². The Labute approximate surface area is 216 Å². The fourth-order valence-electron chi connectivity index (χ4n) is 5.01. The molecule has 1 atom stereocenters. The summed E-state index contributed by atoms with van der Waals surface area (Å²) in [6.07, 6.45) is 2.81. The zero-order valence-electron chi connectivity index (χ0n) is 20.4. The molecule has 3 heterocycles. The van der Waals surface area contributed by atoms with Crippen molar-refractivity contribution in [3.63, 3.8) is 0 Å². The van der Waals surface area contributed by atoms with E-state index in [2.05, 4.69) is 20.7 Å². The van der Waals surface area contributed by atoms with E-state index in [1.807, 2.05) is 6.07 Å². The molecule has 1 aliphatic heterocycles. The standard InChI is InChI=1S/C27H23N5O6/c1-14-16-5-6-19(18(16)4-3-17(14)27(35)36)31-26(34)21-11-20(30-24-8-9-29-32(21)24)25(33)28-12-15-2-7-22-23(10-15)38-13-37-22/h2-4,7-11,19H,5-6,12-13H2,1H3,(H,28,33)(H,31,34)(H,35,36)/t19-/m0/s1. The number of ether oxygens (including phenoxy) is 2. The third kappa shape index (κ3) is 4.07. The molecule has 0 radical (unpaired) electrons. The van der Waals surface area contributed by atoms with Gasteiger partial charge in [0.15, 0.2) is 17.1 Å². The molecule has 2 aromatic carbocycles. The van der Waals surface area contributed by atoms with Crippen molar-refractivity contribution >= 4 is 23.4 Å². The summed E-state index contributed by atoms with van der Waals surface area (Å²) >= 11 is 0. The average Bonchev–Trinajstić information content (AvgIpc) is 3.66. The van der Waals surface area contributed by atoms with Crippen LogP contribution in [0.25, 0.3) is 5.65 Å². The second-order valence-corrected chi connectivity index (χ2v) is 9.17. The number of hydrogen-bond acceptors (Lipinski definition) is 7. The number of benzene rings is 2. The largest absolute Gasteiger partial charge is 0.478 e. The van der Waals surface area contributed by atoms with E-state index in [0.29, 0.717) is 35.6 Å². The molecule has 2 aromatic heterocycles. The highest BCUT2D eigenvalue weighted by atomic mass is 16.7. The molecule has 11 nitrogen and oxygen atoms in total. The van der Waals surface area contributed by atoms with Crippen molar-refractivity contribution in [2.24, 2.45) is 0 Å². The molecule has 0 spiro atoms. The molecule has 192 valence electrons. The van der Waals surface area contributed by atoms with Crippen LogP contribution in [0.3, 0.4) is 0 Å². The van der Waals surface area contributed by atoms with Crippen molar-refractivity contribution in [1.82, 2.24) is 25.2 Å². The third-order valence-electron chi connectivity index (χ3n) is 6.94. The molecule has 2 amide bonds. The lowest BCUT2D eigenvalue weighted by Gasteiger charge is -2.16. The highest BCUT2D eigenvalue weighted by molar-refractivity contribution is 5.98. The van der Waals surface area contributed by atoms with E-state index >= 15 is 0 Å². The van der Waals surface area contributed by atoms with Crippen LogP contribution in [0.2, 0.25) is 0 Å². The summed E-state index contributed by atoms with van der Waals surface area (Å²) in [5.74, 6) is -0.546. The van der Waals surface area contributed by atoms with Crippen LogP contribution in [0.5, 0.6) is 11.5 Å². The van der Waals surface area contributed by atoms with Crippen LogP contribution >= 0.6 is 0 Å². The molecule has 4 aromatic rings. The van der Waals surface area contributed by atoms with Gasteiger partial charge in [0.2, 0.25) is 6.79 Å². The van der Waals surface area contributed by atoms with E-state index in [1.54, 1.807) is 37.3 Å². The number of carbonyl (C=O) groups is 3. The fraction of sp³-hybridized carbons (Fsp3) is 0.222. The number of carbonyl (C=O) groups excluding carboxylic acids is 2. The van der Waals surface area contributed by atoms with Gasteiger partial charge in [0, 0.05) is 18.7 Å². The Morgan fingerprint density at radius 3 is 2.76 bits per heavy atom. The Balaban J connectivity index is 1.22. The van der Waals surface area contributed by atoms with Crippen LogP contribution < -0.4 is 20.1 Å². The predicted octanol–water partition coefficient (Wildman–Crippen LogP) is 2.81. The van der Waals surface area contributed by atoms with Gasteiger partial charge in [0.05, 0.1) is 17.8 Å². The van der Waals surface area contributed by atoms with Crippen LogP contribution in [0.15, 0.2) is 48.7 Å². The van der Waals surface area contributed by atoms with Gasteiger partial charge in [-0.2, -0.15) is 5.10 Å². The molecule has 0 saturated heterocycles. The summed E-state index contributed by atoms with van der Waals surface area (Å²) in [5, 5.41) is 19.5. The number of fused-ring (bicyclic) bond motifs is 3. The van der Waals surface area contributed by atoms with E-state index in [4.69, 9.17) is 9.47 Å². The number of aromatic nitrogens is 3. The van der Waals surface area contributed by atoms with Crippen LogP contribution in [-0.4, -0.2) is 44.3 Å². The lowest BCUT2D eigenvalue weighted by atomic mass is 9.98. The monoisotopic (exact) mass is 513 g/mol. The minimum Gasteiger partial charge on any atom is -0.478 e. The first-order valence-electron chi connectivity index (χ1n) is 12.1. The number of nitrogens with zero attached hydrogens (tertiary/aromatic N) is 3. The van der Waals surface area contributed by atoms with Crippen molar-refractivity contribution in [2.45, 2.75) is 32.4 Å². The van der Waals surface area contributed by atoms with Gasteiger partial charge in [-0.15, -0.1) is 0 Å². The summed E-state index contributed by atoms with van der Waals surface area (Å²) < 4.78 is 12.1. The number of nitrogens with one attached hydrogen (secondary N) is 2. The van der Waals surface area contributed by atoms with Crippen molar-refractivity contribution in [1.29, 1.82) is 0 Å². The van der Waals surface area contributed by atoms with E-state index in [-0.39, 0.29) is 36.3 Å². The van der Waals surface area contributed by atoms with Gasteiger partial charge in [0.25, 0.3) is 11.8 Å². The third-order valence-corrected chi connectivity index (χ3v) is 6.94. The molecular weight excluding hydrogens is 490 g/mol. The topological polar surface area (TPSA) is 144 Å². The zero-order valence-corrected chi connectivity index (χ0v) is 20.4. The fourth-order valence-corrected chi connectivity index (χ4v) is 5.01. The van der Waals surface area contributed by atoms with Crippen LogP contribution in [0.1, 0.15) is 66.1 Å². The van der Waals surface area contributed by atoms with E-state index in [9.17, 15) is 19.5 Å². The molecule has 0 bridgehead atoms. The van der Waals surface area contributed by atoms with Crippen molar-refractivity contribution in [3.8, 4) is 11.5 Å². The maximum absolute atomic E-state index is 13.4. The average molecular weight is 514 g/mol. The van der Waals surface area contributed by atoms with E-state index < -0.39 is 17.8 Å². The number of aromatic carboxylic acids is 1. The minimum absolute atomic E-state index is 0.0812. The lowest BCUT2D eigenvalue weighted by Crippen LogP contribution is -2.30. The zero-order chi connectivity index (χ0) is 26.4. The Morgan fingerprint density at radius 2 is 1.92 bits per heavy atom. The summed E-state index contributed by atoms with van der Waals surface area (Å²) in [4.78, 5) is 42.2. The van der Waals surface area contributed by atoms with Crippen LogP contribution in [0, 0.1) is 6.92 Å². The predicted molar refractivity (Wildman–Crippen MR) is 133 cm³/mol. The first-order chi connectivity index (χ1) is 18.4. The summed E-state index contributed by atoms with van der Waals surface area (Å²) in [5.41, 5.74) is 4.25. The Morgan fingerprint density at radius 1 is 1.08 bits per heavy atom. The van der Waals surface area contributed by atoms with Crippen LogP contribution in [0.4, 0.5) is 0 Å². The summed E-state index contributed by atoms with van der Waals surface area (Å²) in [6, 6.07) is 11.5. The normalized spacial score (nSPS) is 15.3. The second kappa shape index (κ2) is 9.18. The summed E-state index contributed by atoms with van der Waals surface area (Å²) in [7, 11) is 0. The van der Waals surface area contributed by atoms with E-state index in [0.717, 1.165) is 16.7 Å². The molecule has 11 heteroatoms. The summed E-state index contributed by atoms with van der Waals surface area (Å²) in [6.45, 7) is 2.19. The van der Waals surface area contributed by atoms with Crippen molar-refractivity contribution in [2.75, 3.05) is 6.79 Å². The number of rotatable bonds is 6. The molecule has 38 heavy (non-hydrogen) atoms. The first kappa shape index (κ1) is 23.5. The molecule has 0 unspecified atom stereocenters.